The molecule has 0 atom stereocenters. The Kier molecular flexibility index (Phi) is 9.41. The Morgan fingerprint density at radius 1 is 1.04 bits per heavy atom. The van der Waals surface area contributed by atoms with Gasteiger partial charge < -0.3 is 10.2 Å². The topological polar surface area (TPSA) is 62.3 Å². The fourth-order valence-electron chi connectivity index (χ4n) is 2.65. The van der Waals surface area contributed by atoms with Crippen LogP contribution in [-0.4, -0.2) is 46.4 Å². The van der Waals surface area contributed by atoms with Crippen LogP contribution in [0.1, 0.15) is 24.6 Å². The van der Waals surface area contributed by atoms with Crippen molar-refractivity contribution >= 4 is 22.9 Å². The highest BCUT2D eigenvalue weighted by Crippen LogP contribution is 2.06. The molecule has 0 radical (unpaired) electrons. The number of nitrogens with one attached hydrogen (secondary N) is 1. The lowest BCUT2D eigenvalue weighted by atomic mass is 10.1. The van der Waals surface area contributed by atoms with E-state index in [1.807, 2.05) is 36.4 Å². The van der Waals surface area contributed by atoms with Gasteiger partial charge in [0.25, 0.3) is 0 Å². The van der Waals surface area contributed by atoms with Crippen LogP contribution in [0.2, 0.25) is 0 Å². The summed E-state index contributed by atoms with van der Waals surface area (Å²) in [7, 11) is 0. The molecule has 0 fully saturated rings. The van der Waals surface area contributed by atoms with Gasteiger partial charge in [-0.1, -0.05) is 48.2 Å². The zero-order valence-corrected chi connectivity index (χ0v) is 16.6. The number of urea groups is 1. The lowest BCUT2D eigenvalue weighted by molar-refractivity contribution is -0.109. The van der Waals surface area contributed by atoms with Crippen molar-refractivity contribution in [3.8, 4) is 0 Å². The Balaban J connectivity index is 1.78. The number of thioether (sulfide) groups is 1. The number of hydrogen-bond acceptors (Lipinski definition) is 4. The number of amides is 2. The molecular formula is C21H27N3O2S. The average molecular weight is 386 g/mol. The van der Waals surface area contributed by atoms with Gasteiger partial charge in [-0.15, -0.1) is 0 Å². The molecule has 0 saturated carbocycles. The van der Waals surface area contributed by atoms with E-state index in [0.717, 1.165) is 25.0 Å². The van der Waals surface area contributed by atoms with Gasteiger partial charge in [0.2, 0.25) is 0 Å². The minimum atomic E-state index is -0.0731. The van der Waals surface area contributed by atoms with Crippen molar-refractivity contribution in [2.24, 2.45) is 0 Å². The molecule has 0 saturated heterocycles. The van der Waals surface area contributed by atoms with Gasteiger partial charge in [-0.3, -0.25) is 9.78 Å². The average Bonchev–Trinajstić information content (AvgIpc) is 2.69. The van der Waals surface area contributed by atoms with Gasteiger partial charge in [-0.2, -0.15) is 0 Å². The summed E-state index contributed by atoms with van der Waals surface area (Å²) in [5.74, 6) is 0.617. The van der Waals surface area contributed by atoms with Crippen molar-refractivity contribution in [3.05, 3.63) is 66.0 Å². The summed E-state index contributed by atoms with van der Waals surface area (Å²) in [6, 6.07) is 15.9. The number of carbonyl (C=O) groups is 2. The molecule has 0 aliphatic heterocycles. The van der Waals surface area contributed by atoms with E-state index < -0.39 is 0 Å². The number of carbonyl (C=O) groups excluding carboxylic acids is 2. The zero-order valence-electron chi connectivity index (χ0n) is 15.8. The molecule has 27 heavy (non-hydrogen) atoms. The summed E-state index contributed by atoms with van der Waals surface area (Å²) >= 11 is 1.26. The fraction of sp³-hybridized carbons (Fsp3) is 0.381. The van der Waals surface area contributed by atoms with Gasteiger partial charge in [0.1, 0.15) is 0 Å². The van der Waals surface area contributed by atoms with E-state index in [0.29, 0.717) is 25.4 Å². The summed E-state index contributed by atoms with van der Waals surface area (Å²) in [4.78, 5) is 29.8. The van der Waals surface area contributed by atoms with E-state index in [-0.39, 0.29) is 11.1 Å². The summed E-state index contributed by atoms with van der Waals surface area (Å²) in [5.41, 5.74) is 2.23. The lowest BCUT2D eigenvalue weighted by Crippen LogP contribution is -2.42. The molecule has 5 nitrogen and oxygen atoms in total. The molecule has 6 heteroatoms. The number of aryl methyl sites for hydroxylation is 1. The summed E-state index contributed by atoms with van der Waals surface area (Å²) < 4.78 is 0. The second-order valence-electron chi connectivity index (χ2n) is 6.22. The Hall–Kier alpha value is -2.34. The molecule has 2 amide bonds. The van der Waals surface area contributed by atoms with Crippen LogP contribution in [-0.2, 0) is 17.6 Å². The van der Waals surface area contributed by atoms with Crippen LogP contribution in [0.15, 0.2) is 54.7 Å². The number of nitrogens with zero attached hydrogens (tertiary/aromatic N) is 2. The van der Waals surface area contributed by atoms with Crippen molar-refractivity contribution in [3.63, 3.8) is 0 Å². The van der Waals surface area contributed by atoms with Gasteiger partial charge in [-0.05, 0) is 37.0 Å². The number of rotatable bonds is 10. The first-order valence-electron chi connectivity index (χ1n) is 9.25. The molecule has 0 bridgehead atoms. The van der Waals surface area contributed by atoms with Gasteiger partial charge in [-0.25, -0.2) is 4.79 Å². The molecule has 1 N–H and O–H groups in total. The molecule has 0 aliphatic rings. The van der Waals surface area contributed by atoms with E-state index in [4.69, 9.17) is 0 Å². The van der Waals surface area contributed by atoms with Gasteiger partial charge in [0, 0.05) is 44.2 Å². The Morgan fingerprint density at radius 2 is 1.81 bits per heavy atom. The van der Waals surface area contributed by atoms with Crippen LogP contribution in [0.5, 0.6) is 0 Å². The number of hydrogen-bond donors (Lipinski definition) is 1. The van der Waals surface area contributed by atoms with Crippen molar-refractivity contribution in [2.45, 2.75) is 26.2 Å². The third-order valence-corrected chi connectivity index (χ3v) is 4.87. The first-order valence-corrected chi connectivity index (χ1v) is 10.2. The third-order valence-electron chi connectivity index (χ3n) is 4.08. The van der Waals surface area contributed by atoms with Crippen LogP contribution in [0.25, 0.3) is 0 Å². The normalized spacial score (nSPS) is 10.4. The van der Waals surface area contributed by atoms with Crippen LogP contribution in [0.4, 0.5) is 4.79 Å². The molecule has 2 aromatic rings. The second-order valence-corrected chi connectivity index (χ2v) is 7.49. The van der Waals surface area contributed by atoms with E-state index >= 15 is 0 Å². The Morgan fingerprint density at radius 3 is 2.52 bits per heavy atom. The monoisotopic (exact) mass is 385 g/mol. The largest absolute Gasteiger partial charge is 0.338 e. The van der Waals surface area contributed by atoms with Crippen molar-refractivity contribution < 1.29 is 9.59 Å². The number of pyridine rings is 1. The molecule has 1 aromatic carbocycles. The first kappa shape index (κ1) is 21.0. The molecular weight excluding hydrogens is 358 g/mol. The van der Waals surface area contributed by atoms with Gasteiger partial charge in [0.15, 0.2) is 5.12 Å². The Labute approximate surface area is 165 Å². The Bertz CT molecular complexity index is 695. The van der Waals surface area contributed by atoms with E-state index in [1.54, 1.807) is 18.0 Å². The third kappa shape index (κ3) is 8.73. The second kappa shape index (κ2) is 12.1. The molecule has 1 heterocycles. The van der Waals surface area contributed by atoms with E-state index in [2.05, 4.69) is 22.4 Å². The lowest BCUT2D eigenvalue weighted by Gasteiger charge is -2.23. The van der Waals surface area contributed by atoms with E-state index in [9.17, 15) is 9.59 Å². The molecule has 144 valence electrons. The highest BCUT2D eigenvalue weighted by atomic mass is 32.2. The van der Waals surface area contributed by atoms with Crippen LogP contribution < -0.4 is 5.32 Å². The minimum absolute atomic E-state index is 0.0731. The predicted octanol–water partition coefficient (Wildman–Crippen LogP) is 3.55. The SMILES string of the molecule is CC(=O)SCCN(CCc1ccccc1)C(=O)NCCCc1ccccn1. The van der Waals surface area contributed by atoms with Crippen LogP contribution in [0, 0.1) is 0 Å². The standard InChI is InChI=1S/C21H27N3O2S/c1-18(25)27-17-16-24(15-12-19-8-3-2-4-9-19)21(26)23-14-7-11-20-10-5-6-13-22-20/h2-6,8-10,13H,7,11-12,14-17H2,1H3,(H,23,26). The van der Waals surface area contributed by atoms with Crippen molar-refractivity contribution in [1.29, 1.82) is 0 Å². The molecule has 0 unspecified atom stereocenters. The first-order chi connectivity index (χ1) is 13.1. The van der Waals surface area contributed by atoms with Crippen molar-refractivity contribution in [2.75, 3.05) is 25.4 Å². The van der Waals surface area contributed by atoms with Crippen LogP contribution >= 0.6 is 11.8 Å². The van der Waals surface area contributed by atoms with Gasteiger partial charge in [0.05, 0.1) is 0 Å². The van der Waals surface area contributed by atoms with Gasteiger partial charge >= 0.3 is 6.03 Å². The molecule has 0 aliphatic carbocycles. The summed E-state index contributed by atoms with van der Waals surface area (Å²) in [5, 5.41) is 3.07. The van der Waals surface area contributed by atoms with Crippen LogP contribution in [0.3, 0.4) is 0 Å². The molecule has 1 aromatic heterocycles. The maximum absolute atomic E-state index is 12.6. The van der Waals surface area contributed by atoms with E-state index in [1.165, 1.54) is 17.3 Å². The number of benzene rings is 1. The summed E-state index contributed by atoms with van der Waals surface area (Å²) in [6.45, 7) is 3.35. The highest BCUT2D eigenvalue weighted by Gasteiger charge is 2.13. The number of aromatic nitrogens is 1. The van der Waals surface area contributed by atoms with Crippen molar-refractivity contribution in [1.82, 2.24) is 15.2 Å². The smallest absolute Gasteiger partial charge is 0.317 e. The maximum Gasteiger partial charge on any atom is 0.317 e. The quantitative estimate of drug-likeness (QED) is 0.636. The minimum Gasteiger partial charge on any atom is -0.338 e. The highest BCUT2D eigenvalue weighted by molar-refractivity contribution is 8.13. The maximum atomic E-state index is 12.6. The molecule has 0 spiro atoms. The summed E-state index contributed by atoms with van der Waals surface area (Å²) in [6.07, 6.45) is 4.27. The fourth-order valence-corrected chi connectivity index (χ4v) is 3.24. The zero-order chi connectivity index (χ0) is 19.3. The molecule has 2 rings (SSSR count). The predicted molar refractivity (Wildman–Crippen MR) is 111 cm³/mol.